The molecule has 0 saturated heterocycles. The van der Waals surface area contributed by atoms with Crippen molar-refractivity contribution in [2.45, 2.75) is 13.0 Å². The van der Waals surface area contributed by atoms with Crippen LogP contribution in [0.2, 0.25) is 0 Å². The van der Waals surface area contributed by atoms with Crippen LogP contribution in [0.25, 0.3) is 0 Å². The monoisotopic (exact) mass is 253 g/mol. The number of carbonyl (C=O) groups excluding carboxylic acids is 1. The summed E-state index contributed by atoms with van der Waals surface area (Å²) < 4.78 is 0. The predicted octanol–water partition coefficient (Wildman–Crippen LogP) is 2.02. The third-order valence-electron chi connectivity index (χ3n) is 3.21. The van der Waals surface area contributed by atoms with Gasteiger partial charge < -0.3 is 5.32 Å². The van der Waals surface area contributed by atoms with Crippen LogP contribution in [-0.2, 0) is 4.79 Å². The van der Waals surface area contributed by atoms with Gasteiger partial charge in [-0.05, 0) is 24.6 Å². The standard InChI is InChI=1S/C15H15N3O/c1-10-7-8-12-15(17-10)14(16-9-13(19)18-12)11-5-3-2-4-6-11/h2-8,14,16H,9H2,1H3,(H,18,19). The molecule has 1 aromatic heterocycles. The fourth-order valence-electron chi connectivity index (χ4n) is 2.31. The van der Waals surface area contributed by atoms with Crippen LogP contribution in [0.5, 0.6) is 0 Å². The molecule has 0 spiro atoms. The fourth-order valence-corrected chi connectivity index (χ4v) is 2.31. The quantitative estimate of drug-likeness (QED) is 0.817. The van der Waals surface area contributed by atoms with E-state index < -0.39 is 0 Å². The number of hydrogen-bond acceptors (Lipinski definition) is 3. The summed E-state index contributed by atoms with van der Waals surface area (Å²) in [5.41, 5.74) is 3.71. The molecule has 1 aromatic carbocycles. The summed E-state index contributed by atoms with van der Waals surface area (Å²) in [6, 6.07) is 13.8. The topological polar surface area (TPSA) is 54.0 Å². The number of benzene rings is 1. The van der Waals surface area contributed by atoms with Gasteiger partial charge in [-0.2, -0.15) is 0 Å². The largest absolute Gasteiger partial charge is 0.323 e. The second-order valence-electron chi connectivity index (χ2n) is 4.66. The zero-order chi connectivity index (χ0) is 13.2. The number of nitrogens with one attached hydrogen (secondary N) is 2. The maximum atomic E-state index is 11.7. The van der Waals surface area contributed by atoms with Gasteiger partial charge in [-0.25, -0.2) is 0 Å². The maximum Gasteiger partial charge on any atom is 0.238 e. The summed E-state index contributed by atoms with van der Waals surface area (Å²) in [6.07, 6.45) is 0. The van der Waals surface area contributed by atoms with E-state index in [1.807, 2.05) is 49.4 Å². The molecule has 3 rings (SSSR count). The van der Waals surface area contributed by atoms with Crippen molar-refractivity contribution >= 4 is 11.6 Å². The van der Waals surface area contributed by atoms with E-state index in [2.05, 4.69) is 15.6 Å². The zero-order valence-electron chi connectivity index (χ0n) is 10.7. The number of hydrogen-bond donors (Lipinski definition) is 2. The molecule has 1 unspecified atom stereocenters. The third-order valence-corrected chi connectivity index (χ3v) is 3.21. The molecule has 4 heteroatoms. The van der Waals surface area contributed by atoms with E-state index in [-0.39, 0.29) is 18.5 Å². The highest BCUT2D eigenvalue weighted by molar-refractivity contribution is 5.93. The third kappa shape index (κ3) is 2.35. The first-order valence-electron chi connectivity index (χ1n) is 6.30. The van der Waals surface area contributed by atoms with Gasteiger partial charge in [0.15, 0.2) is 0 Å². The molecule has 2 heterocycles. The molecule has 2 N–H and O–H groups in total. The van der Waals surface area contributed by atoms with E-state index in [0.29, 0.717) is 0 Å². The first kappa shape index (κ1) is 11.9. The fraction of sp³-hybridized carbons (Fsp3) is 0.200. The molecule has 0 aliphatic carbocycles. The van der Waals surface area contributed by atoms with E-state index in [1.165, 1.54) is 0 Å². The van der Waals surface area contributed by atoms with Gasteiger partial charge in [0.1, 0.15) is 0 Å². The van der Waals surface area contributed by atoms with E-state index in [4.69, 9.17) is 0 Å². The van der Waals surface area contributed by atoms with Gasteiger partial charge >= 0.3 is 0 Å². The summed E-state index contributed by atoms with van der Waals surface area (Å²) in [4.78, 5) is 16.3. The van der Waals surface area contributed by atoms with Crippen molar-refractivity contribution in [1.82, 2.24) is 10.3 Å². The normalized spacial score (nSPS) is 18.4. The van der Waals surface area contributed by atoms with Crippen molar-refractivity contribution in [1.29, 1.82) is 0 Å². The number of carbonyl (C=O) groups is 1. The number of aromatic nitrogens is 1. The van der Waals surface area contributed by atoms with Gasteiger partial charge in [-0.1, -0.05) is 30.3 Å². The molecule has 96 valence electrons. The Balaban J connectivity index is 2.11. The Morgan fingerprint density at radius 2 is 1.95 bits per heavy atom. The van der Waals surface area contributed by atoms with Crippen molar-refractivity contribution in [2.75, 3.05) is 11.9 Å². The van der Waals surface area contributed by atoms with Crippen LogP contribution in [0.15, 0.2) is 42.5 Å². The zero-order valence-corrected chi connectivity index (χ0v) is 10.7. The van der Waals surface area contributed by atoms with Crippen molar-refractivity contribution < 1.29 is 4.79 Å². The number of rotatable bonds is 1. The lowest BCUT2D eigenvalue weighted by molar-refractivity contribution is -0.115. The number of fused-ring (bicyclic) bond motifs is 1. The summed E-state index contributed by atoms with van der Waals surface area (Å²) in [5, 5.41) is 6.14. The second-order valence-corrected chi connectivity index (χ2v) is 4.66. The number of aryl methyl sites for hydroxylation is 1. The van der Waals surface area contributed by atoms with E-state index in [9.17, 15) is 4.79 Å². The van der Waals surface area contributed by atoms with Gasteiger partial charge in [-0.3, -0.25) is 15.1 Å². The summed E-state index contributed by atoms with van der Waals surface area (Å²) >= 11 is 0. The molecule has 2 aromatic rings. The SMILES string of the molecule is Cc1ccc2c(n1)C(c1ccccc1)NCC(=O)N2. The Hall–Kier alpha value is -2.20. The number of anilines is 1. The minimum atomic E-state index is -0.0601. The summed E-state index contributed by atoms with van der Waals surface area (Å²) in [6.45, 7) is 2.24. The van der Waals surface area contributed by atoms with E-state index in [1.54, 1.807) is 0 Å². The minimum Gasteiger partial charge on any atom is -0.323 e. The van der Waals surface area contributed by atoms with Crippen LogP contribution in [0.1, 0.15) is 23.0 Å². The Bertz CT molecular complexity index is 610. The molecule has 1 amide bonds. The van der Waals surface area contributed by atoms with Crippen LogP contribution in [0, 0.1) is 6.92 Å². The lowest BCUT2D eigenvalue weighted by Gasteiger charge is -2.17. The smallest absolute Gasteiger partial charge is 0.238 e. The van der Waals surface area contributed by atoms with Gasteiger partial charge in [0.05, 0.1) is 24.0 Å². The van der Waals surface area contributed by atoms with Crippen LogP contribution >= 0.6 is 0 Å². The second kappa shape index (κ2) is 4.82. The van der Waals surface area contributed by atoms with Gasteiger partial charge in [0.25, 0.3) is 0 Å². The van der Waals surface area contributed by atoms with Crippen LogP contribution in [-0.4, -0.2) is 17.4 Å². The molecule has 1 aliphatic rings. The first-order chi connectivity index (χ1) is 9.24. The van der Waals surface area contributed by atoms with Gasteiger partial charge in [0, 0.05) is 5.69 Å². The minimum absolute atomic E-state index is 0.0367. The molecular formula is C15H15N3O. The first-order valence-corrected chi connectivity index (χ1v) is 6.30. The molecule has 0 bridgehead atoms. The molecule has 0 radical (unpaired) electrons. The Labute approximate surface area is 111 Å². The van der Waals surface area contributed by atoms with E-state index >= 15 is 0 Å². The molecule has 0 fully saturated rings. The van der Waals surface area contributed by atoms with Crippen molar-refractivity contribution in [2.24, 2.45) is 0 Å². The van der Waals surface area contributed by atoms with Crippen molar-refractivity contribution in [3.05, 3.63) is 59.4 Å². The predicted molar refractivity (Wildman–Crippen MR) is 73.9 cm³/mol. The highest BCUT2D eigenvalue weighted by Crippen LogP contribution is 2.28. The Kier molecular flexibility index (Phi) is 3.01. The molecule has 1 aliphatic heterocycles. The average Bonchev–Trinajstić information content (AvgIpc) is 2.58. The number of nitrogens with zero attached hydrogens (tertiary/aromatic N) is 1. The molecule has 4 nitrogen and oxygen atoms in total. The lowest BCUT2D eigenvalue weighted by atomic mass is 10.0. The summed E-state index contributed by atoms with van der Waals surface area (Å²) in [7, 11) is 0. The molecule has 0 saturated carbocycles. The lowest BCUT2D eigenvalue weighted by Crippen LogP contribution is -2.28. The van der Waals surface area contributed by atoms with Crippen molar-refractivity contribution in [3.63, 3.8) is 0 Å². The molecule has 1 atom stereocenters. The molecule has 19 heavy (non-hydrogen) atoms. The van der Waals surface area contributed by atoms with Gasteiger partial charge in [-0.15, -0.1) is 0 Å². The number of pyridine rings is 1. The average molecular weight is 253 g/mol. The van der Waals surface area contributed by atoms with Crippen LogP contribution < -0.4 is 10.6 Å². The van der Waals surface area contributed by atoms with Crippen LogP contribution in [0.4, 0.5) is 5.69 Å². The summed E-state index contributed by atoms with van der Waals surface area (Å²) in [5.74, 6) is -0.0367. The highest BCUT2D eigenvalue weighted by atomic mass is 16.1. The Morgan fingerprint density at radius 3 is 2.74 bits per heavy atom. The Morgan fingerprint density at radius 1 is 1.16 bits per heavy atom. The number of amides is 1. The van der Waals surface area contributed by atoms with E-state index in [0.717, 1.165) is 22.6 Å². The highest BCUT2D eigenvalue weighted by Gasteiger charge is 2.24. The maximum absolute atomic E-state index is 11.7. The van der Waals surface area contributed by atoms with Gasteiger partial charge in [0.2, 0.25) is 5.91 Å². The van der Waals surface area contributed by atoms with Crippen molar-refractivity contribution in [3.8, 4) is 0 Å². The van der Waals surface area contributed by atoms with Crippen LogP contribution in [0.3, 0.4) is 0 Å². The molecular weight excluding hydrogens is 238 g/mol.